The summed E-state index contributed by atoms with van der Waals surface area (Å²) < 4.78 is 0. The topological polar surface area (TPSA) is 98.7 Å². The van der Waals surface area contributed by atoms with E-state index in [-0.39, 0.29) is 30.4 Å². The quantitative estimate of drug-likeness (QED) is 0.675. The van der Waals surface area contributed by atoms with Crippen molar-refractivity contribution in [1.82, 2.24) is 15.5 Å². The minimum absolute atomic E-state index is 0.00335. The van der Waals surface area contributed by atoms with Gasteiger partial charge in [-0.3, -0.25) is 9.59 Å². The molecule has 0 atom stereocenters. The Balaban J connectivity index is 2.41. The second-order valence-corrected chi connectivity index (χ2v) is 5.30. The normalized spacial score (nSPS) is 21.4. The molecule has 0 unspecified atom stereocenters. The van der Waals surface area contributed by atoms with Gasteiger partial charge < -0.3 is 20.6 Å². The van der Waals surface area contributed by atoms with Gasteiger partial charge in [0, 0.05) is 19.1 Å². The molecule has 21 heavy (non-hydrogen) atoms. The highest BCUT2D eigenvalue weighted by Gasteiger charge is 2.27. The van der Waals surface area contributed by atoms with E-state index in [2.05, 4.69) is 10.6 Å². The molecular formula is C14H25N3O4. The summed E-state index contributed by atoms with van der Waals surface area (Å²) in [7, 11) is 0. The third-order valence-electron chi connectivity index (χ3n) is 3.78. The zero-order valence-electron chi connectivity index (χ0n) is 12.7. The Hall–Kier alpha value is -1.79. The van der Waals surface area contributed by atoms with Gasteiger partial charge in [-0.25, -0.2) is 4.79 Å². The molecule has 0 aliphatic heterocycles. The molecular weight excluding hydrogens is 274 g/mol. The van der Waals surface area contributed by atoms with E-state index >= 15 is 0 Å². The maximum Gasteiger partial charge on any atom is 0.318 e. The van der Waals surface area contributed by atoms with E-state index in [9.17, 15) is 14.4 Å². The summed E-state index contributed by atoms with van der Waals surface area (Å²) in [6.45, 7) is 4.68. The summed E-state index contributed by atoms with van der Waals surface area (Å²) in [5.41, 5.74) is 0. The van der Waals surface area contributed by atoms with E-state index in [4.69, 9.17) is 5.11 Å². The summed E-state index contributed by atoms with van der Waals surface area (Å²) in [5, 5.41) is 14.5. The van der Waals surface area contributed by atoms with E-state index in [1.54, 1.807) is 0 Å². The monoisotopic (exact) mass is 299 g/mol. The number of amides is 3. The highest BCUT2D eigenvalue weighted by atomic mass is 16.4. The standard InChI is InChI=1S/C14H25N3O4/c1-3-15-12(18)9-17(4-2)14(21)16-11-7-5-10(6-8-11)13(19)20/h10-11H,3-9H2,1-2H3,(H,15,18)(H,16,21)(H,19,20). The van der Waals surface area contributed by atoms with Crippen LogP contribution in [0.1, 0.15) is 39.5 Å². The maximum absolute atomic E-state index is 12.1. The van der Waals surface area contributed by atoms with Gasteiger partial charge >= 0.3 is 12.0 Å². The van der Waals surface area contributed by atoms with Crippen molar-refractivity contribution in [1.29, 1.82) is 0 Å². The fourth-order valence-corrected chi connectivity index (χ4v) is 2.50. The number of carboxylic acid groups (broad SMARTS) is 1. The fourth-order valence-electron chi connectivity index (χ4n) is 2.50. The van der Waals surface area contributed by atoms with Crippen LogP contribution in [0.5, 0.6) is 0 Å². The molecule has 7 nitrogen and oxygen atoms in total. The predicted molar refractivity (Wildman–Crippen MR) is 77.8 cm³/mol. The van der Waals surface area contributed by atoms with Crippen LogP contribution in [-0.4, -0.2) is 53.6 Å². The zero-order valence-corrected chi connectivity index (χ0v) is 12.7. The van der Waals surface area contributed by atoms with Gasteiger partial charge in [-0.05, 0) is 39.5 Å². The van der Waals surface area contributed by atoms with Gasteiger partial charge in [0.15, 0.2) is 0 Å². The molecule has 1 saturated carbocycles. The molecule has 0 radical (unpaired) electrons. The number of hydrogen-bond acceptors (Lipinski definition) is 3. The first-order valence-electron chi connectivity index (χ1n) is 7.52. The highest BCUT2D eigenvalue weighted by Crippen LogP contribution is 2.24. The van der Waals surface area contributed by atoms with Gasteiger partial charge in [0.1, 0.15) is 6.54 Å². The van der Waals surface area contributed by atoms with E-state index in [0.29, 0.717) is 38.8 Å². The SMILES string of the molecule is CCNC(=O)CN(CC)C(=O)NC1CCC(C(=O)O)CC1. The molecule has 0 aromatic heterocycles. The molecule has 0 heterocycles. The minimum atomic E-state index is -0.758. The van der Waals surface area contributed by atoms with E-state index in [1.807, 2.05) is 13.8 Å². The average molecular weight is 299 g/mol. The van der Waals surface area contributed by atoms with Crippen LogP contribution < -0.4 is 10.6 Å². The molecule has 1 rings (SSSR count). The Bertz CT molecular complexity index is 378. The summed E-state index contributed by atoms with van der Waals surface area (Å²) in [6, 6.07) is -0.265. The van der Waals surface area contributed by atoms with Gasteiger partial charge in [0.05, 0.1) is 5.92 Å². The van der Waals surface area contributed by atoms with Crippen molar-refractivity contribution in [3.8, 4) is 0 Å². The Kier molecular flexibility index (Phi) is 6.98. The third kappa shape index (κ3) is 5.61. The lowest BCUT2D eigenvalue weighted by molar-refractivity contribution is -0.142. The number of carboxylic acids is 1. The van der Waals surface area contributed by atoms with Crippen molar-refractivity contribution < 1.29 is 19.5 Å². The van der Waals surface area contributed by atoms with Crippen molar-refractivity contribution >= 4 is 17.9 Å². The van der Waals surface area contributed by atoms with Crippen LogP contribution >= 0.6 is 0 Å². The van der Waals surface area contributed by atoms with Crippen molar-refractivity contribution in [2.75, 3.05) is 19.6 Å². The van der Waals surface area contributed by atoms with Crippen LogP contribution in [0, 0.1) is 5.92 Å². The van der Waals surface area contributed by atoms with Crippen LogP contribution in [0.4, 0.5) is 4.79 Å². The van der Waals surface area contributed by atoms with Crippen molar-refractivity contribution in [3.05, 3.63) is 0 Å². The number of likely N-dealkylation sites (N-methyl/N-ethyl adjacent to an activating group) is 2. The van der Waals surface area contributed by atoms with Crippen LogP contribution in [0.25, 0.3) is 0 Å². The summed E-state index contributed by atoms with van der Waals surface area (Å²) in [6.07, 6.45) is 2.51. The second kappa shape index (κ2) is 8.49. The molecule has 120 valence electrons. The van der Waals surface area contributed by atoms with E-state index in [0.717, 1.165) is 0 Å². The molecule has 0 aromatic carbocycles. The Labute approximate surface area is 125 Å². The maximum atomic E-state index is 12.1. The number of aliphatic carboxylic acids is 1. The van der Waals surface area contributed by atoms with Crippen molar-refractivity contribution in [2.45, 2.75) is 45.6 Å². The van der Waals surface area contributed by atoms with Crippen molar-refractivity contribution in [3.63, 3.8) is 0 Å². The van der Waals surface area contributed by atoms with Gasteiger partial charge in [-0.2, -0.15) is 0 Å². The third-order valence-corrected chi connectivity index (χ3v) is 3.78. The Morgan fingerprint density at radius 3 is 2.24 bits per heavy atom. The molecule has 0 saturated heterocycles. The molecule has 0 spiro atoms. The second-order valence-electron chi connectivity index (χ2n) is 5.30. The Morgan fingerprint density at radius 1 is 1.14 bits per heavy atom. The molecule has 7 heteroatoms. The first-order chi connectivity index (χ1) is 9.97. The largest absolute Gasteiger partial charge is 0.481 e. The van der Waals surface area contributed by atoms with E-state index in [1.165, 1.54) is 4.90 Å². The first-order valence-corrected chi connectivity index (χ1v) is 7.52. The summed E-state index contributed by atoms with van der Waals surface area (Å²) in [4.78, 5) is 36.0. The molecule has 3 N–H and O–H groups in total. The number of rotatable bonds is 6. The first kappa shape index (κ1) is 17.3. The number of nitrogens with one attached hydrogen (secondary N) is 2. The molecule has 0 bridgehead atoms. The molecule has 1 fully saturated rings. The average Bonchev–Trinajstić information content (AvgIpc) is 2.45. The number of urea groups is 1. The van der Waals surface area contributed by atoms with E-state index < -0.39 is 5.97 Å². The van der Waals surface area contributed by atoms with Gasteiger partial charge in [-0.15, -0.1) is 0 Å². The van der Waals surface area contributed by atoms with Crippen LogP contribution in [0.2, 0.25) is 0 Å². The number of carbonyl (C=O) groups is 3. The summed E-state index contributed by atoms with van der Waals surface area (Å²) in [5.74, 6) is -1.23. The predicted octanol–water partition coefficient (Wildman–Crippen LogP) is 0.797. The molecule has 0 aromatic rings. The molecule has 3 amide bonds. The van der Waals surface area contributed by atoms with Gasteiger partial charge in [0.25, 0.3) is 0 Å². The smallest absolute Gasteiger partial charge is 0.318 e. The van der Waals surface area contributed by atoms with Crippen LogP contribution in [0.3, 0.4) is 0 Å². The van der Waals surface area contributed by atoms with Gasteiger partial charge in [-0.1, -0.05) is 0 Å². The lowest BCUT2D eigenvalue weighted by atomic mass is 9.86. The van der Waals surface area contributed by atoms with Gasteiger partial charge in [0.2, 0.25) is 5.91 Å². The van der Waals surface area contributed by atoms with Crippen LogP contribution in [-0.2, 0) is 9.59 Å². The van der Waals surface area contributed by atoms with Crippen molar-refractivity contribution in [2.24, 2.45) is 5.92 Å². The minimum Gasteiger partial charge on any atom is -0.481 e. The zero-order chi connectivity index (χ0) is 15.8. The lowest BCUT2D eigenvalue weighted by Gasteiger charge is -2.29. The molecule has 1 aliphatic carbocycles. The summed E-state index contributed by atoms with van der Waals surface area (Å²) >= 11 is 0. The number of hydrogen-bond donors (Lipinski definition) is 3. The molecule has 1 aliphatic rings. The highest BCUT2D eigenvalue weighted by molar-refractivity contribution is 5.84. The fraction of sp³-hybridized carbons (Fsp3) is 0.786. The van der Waals surface area contributed by atoms with Crippen LogP contribution in [0.15, 0.2) is 0 Å². The Morgan fingerprint density at radius 2 is 1.76 bits per heavy atom. The number of nitrogens with zero attached hydrogens (tertiary/aromatic N) is 1. The lowest BCUT2D eigenvalue weighted by Crippen LogP contribution is -2.49. The number of carbonyl (C=O) groups excluding carboxylic acids is 2.